The predicted molar refractivity (Wildman–Crippen MR) is 82.4 cm³/mol. The lowest BCUT2D eigenvalue weighted by Crippen LogP contribution is -2.39. The van der Waals surface area contributed by atoms with Crippen molar-refractivity contribution in [2.24, 2.45) is 11.8 Å². The fraction of sp³-hybridized carbons (Fsp3) is 0.588. The lowest BCUT2D eigenvalue weighted by Gasteiger charge is -2.34. The molecule has 4 heteroatoms. The monoisotopic (exact) mass is 291 g/mol. The third kappa shape index (κ3) is 4.55. The molecule has 0 spiro atoms. The van der Waals surface area contributed by atoms with Crippen LogP contribution in [0.4, 0.5) is 0 Å². The lowest BCUT2D eigenvalue weighted by atomic mass is 9.87. The Bertz CT molecular complexity index is 456. The number of ether oxygens (including phenoxy) is 1. The second kappa shape index (κ2) is 7.57. The molecule has 1 aliphatic heterocycles. The van der Waals surface area contributed by atoms with Crippen molar-refractivity contribution in [3.05, 3.63) is 35.4 Å². The molecule has 0 saturated carbocycles. The van der Waals surface area contributed by atoms with Crippen LogP contribution in [0.1, 0.15) is 42.6 Å². The van der Waals surface area contributed by atoms with Crippen LogP contribution in [-0.2, 0) is 11.3 Å². The first-order valence-corrected chi connectivity index (χ1v) is 7.72. The highest BCUT2D eigenvalue weighted by atomic mass is 16.5. The predicted octanol–water partition coefficient (Wildman–Crippen LogP) is 2.93. The van der Waals surface area contributed by atoms with Crippen molar-refractivity contribution in [3.63, 3.8) is 0 Å². The molecule has 0 aromatic heterocycles. The Hall–Kier alpha value is -1.39. The van der Waals surface area contributed by atoms with Crippen LogP contribution in [0.2, 0.25) is 0 Å². The second-order valence-corrected chi connectivity index (χ2v) is 6.11. The third-order valence-corrected chi connectivity index (χ3v) is 4.09. The minimum atomic E-state index is -0.881. The number of nitrogens with one attached hydrogen (secondary N) is 1. The van der Waals surface area contributed by atoms with Gasteiger partial charge in [-0.15, -0.1) is 0 Å². The number of carboxylic acids is 1. The SMILES string of the molecule is CC(C)C1OCCCC1CNCc1ccc(C(=O)O)cc1. The van der Waals surface area contributed by atoms with Gasteiger partial charge in [0.05, 0.1) is 11.7 Å². The van der Waals surface area contributed by atoms with E-state index in [4.69, 9.17) is 9.84 Å². The van der Waals surface area contributed by atoms with E-state index in [0.29, 0.717) is 23.5 Å². The zero-order valence-corrected chi connectivity index (χ0v) is 12.8. The summed E-state index contributed by atoms with van der Waals surface area (Å²) < 4.78 is 5.89. The molecule has 0 bridgehead atoms. The molecule has 21 heavy (non-hydrogen) atoms. The molecule has 1 heterocycles. The van der Waals surface area contributed by atoms with Gasteiger partial charge in [0.25, 0.3) is 0 Å². The number of aromatic carboxylic acids is 1. The van der Waals surface area contributed by atoms with Gasteiger partial charge in [-0.3, -0.25) is 0 Å². The van der Waals surface area contributed by atoms with Crippen LogP contribution >= 0.6 is 0 Å². The summed E-state index contributed by atoms with van der Waals surface area (Å²) in [4.78, 5) is 10.8. The van der Waals surface area contributed by atoms with Crippen molar-refractivity contribution in [2.75, 3.05) is 13.2 Å². The van der Waals surface area contributed by atoms with Gasteiger partial charge in [-0.1, -0.05) is 26.0 Å². The van der Waals surface area contributed by atoms with E-state index in [-0.39, 0.29) is 0 Å². The highest BCUT2D eigenvalue weighted by Crippen LogP contribution is 2.25. The maximum absolute atomic E-state index is 10.8. The first kappa shape index (κ1) is 16.0. The standard InChI is InChI=1S/C17H25NO3/c1-12(2)16-15(4-3-9-21-16)11-18-10-13-5-7-14(8-6-13)17(19)20/h5-8,12,15-16,18H,3-4,9-11H2,1-2H3,(H,19,20). The average Bonchev–Trinajstić information content (AvgIpc) is 2.48. The van der Waals surface area contributed by atoms with Crippen LogP contribution < -0.4 is 5.32 Å². The number of hydrogen-bond acceptors (Lipinski definition) is 3. The summed E-state index contributed by atoms with van der Waals surface area (Å²) in [6, 6.07) is 7.04. The number of carboxylic acid groups (broad SMARTS) is 1. The van der Waals surface area contributed by atoms with Gasteiger partial charge >= 0.3 is 5.97 Å². The van der Waals surface area contributed by atoms with Crippen molar-refractivity contribution in [3.8, 4) is 0 Å². The molecule has 1 aromatic carbocycles. The summed E-state index contributed by atoms with van der Waals surface area (Å²) in [6.07, 6.45) is 2.71. The maximum atomic E-state index is 10.8. The molecule has 2 N–H and O–H groups in total. The molecule has 1 saturated heterocycles. The van der Waals surface area contributed by atoms with E-state index in [1.165, 1.54) is 6.42 Å². The number of rotatable bonds is 6. The molecule has 1 fully saturated rings. The van der Waals surface area contributed by atoms with Crippen molar-refractivity contribution >= 4 is 5.97 Å². The summed E-state index contributed by atoms with van der Waals surface area (Å²) in [7, 11) is 0. The highest BCUT2D eigenvalue weighted by molar-refractivity contribution is 5.87. The van der Waals surface area contributed by atoms with E-state index < -0.39 is 5.97 Å². The van der Waals surface area contributed by atoms with Gasteiger partial charge in [0.1, 0.15) is 0 Å². The van der Waals surface area contributed by atoms with Gasteiger partial charge in [0, 0.05) is 19.7 Å². The van der Waals surface area contributed by atoms with Crippen LogP contribution in [0.15, 0.2) is 24.3 Å². The van der Waals surface area contributed by atoms with Crippen LogP contribution in [0, 0.1) is 11.8 Å². The summed E-state index contributed by atoms with van der Waals surface area (Å²) in [5.74, 6) is 0.234. The van der Waals surface area contributed by atoms with E-state index in [1.807, 2.05) is 12.1 Å². The number of carbonyl (C=O) groups is 1. The maximum Gasteiger partial charge on any atom is 0.335 e. The molecule has 0 amide bonds. The van der Waals surface area contributed by atoms with Gasteiger partial charge in [-0.05, 0) is 42.4 Å². The van der Waals surface area contributed by atoms with Crippen LogP contribution in [0.5, 0.6) is 0 Å². The molecule has 1 aromatic rings. The summed E-state index contributed by atoms with van der Waals surface area (Å²) in [5, 5.41) is 12.4. The minimum Gasteiger partial charge on any atom is -0.478 e. The molecular formula is C17H25NO3. The van der Waals surface area contributed by atoms with Crippen LogP contribution in [-0.4, -0.2) is 30.3 Å². The molecule has 0 aliphatic carbocycles. The molecule has 0 radical (unpaired) electrons. The van der Waals surface area contributed by atoms with E-state index in [1.54, 1.807) is 12.1 Å². The van der Waals surface area contributed by atoms with E-state index in [9.17, 15) is 4.79 Å². The smallest absolute Gasteiger partial charge is 0.335 e. The zero-order chi connectivity index (χ0) is 15.2. The van der Waals surface area contributed by atoms with Crippen LogP contribution in [0.3, 0.4) is 0 Å². The number of hydrogen-bond donors (Lipinski definition) is 2. The van der Waals surface area contributed by atoms with Gasteiger partial charge in [0.2, 0.25) is 0 Å². The largest absolute Gasteiger partial charge is 0.478 e. The Labute approximate surface area is 126 Å². The first-order chi connectivity index (χ1) is 10.1. The van der Waals surface area contributed by atoms with Gasteiger partial charge in [-0.25, -0.2) is 4.79 Å². The average molecular weight is 291 g/mol. The fourth-order valence-corrected chi connectivity index (χ4v) is 2.99. The minimum absolute atomic E-state index is 0.333. The number of benzene rings is 1. The Balaban J connectivity index is 1.81. The molecule has 116 valence electrons. The van der Waals surface area contributed by atoms with Gasteiger partial charge in [0.15, 0.2) is 0 Å². The first-order valence-electron chi connectivity index (χ1n) is 7.72. The Kier molecular flexibility index (Phi) is 5.76. The van der Waals surface area contributed by atoms with Crippen molar-refractivity contribution in [2.45, 2.75) is 39.3 Å². The fourth-order valence-electron chi connectivity index (χ4n) is 2.99. The van der Waals surface area contributed by atoms with Crippen molar-refractivity contribution in [1.29, 1.82) is 0 Å². The molecule has 2 rings (SSSR count). The van der Waals surface area contributed by atoms with Gasteiger partial charge in [-0.2, -0.15) is 0 Å². The quantitative estimate of drug-likeness (QED) is 0.846. The van der Waals surface area contributed by atoms with E-state index >= 15 is 0 Å². The Morgan fingerprint density at radius 3 is 2.71 bits per heavy atom. The van der Waals surface area contributed by atoms with E-state index in [0.717, 1.165) is 31.7 Å². The molecule has 2 atom stereocenters. The Morgan fingerprint density at radius 1 is 1.38 bits per heavy atom. The van der Waals surface area contributed by atoms with Crippen LogP contribution in [0.25, 0.3) is 0 Å². The Morgan fingerprint density at radius 2 is 2.10 bits per heavy atom. The van der Waals surface area contributed by atoms with E-state index in [2.05, 4.69) is 19.2 Å². The summed E-state index contributed by atoms with van der Waals surface area (Å²) in [5.41, 5.74) is 1.44. The van der Waals surface area contributed by atoms with Gasteiger partial charge < -0.3 is 15.2 Å². The molecular weight excluding hydrogens is 266 g/mol. The molecule has 2 unspecified atom stereocenters. The topological polar surface area (TPSA) is 58.6 Å². The van der Waals surface area contributed by atoms with Crippen molar-refractivity contribution in [1.82, 2.24) is 5.32 Å². The lowest BCUT2D eigenvalue weighted by molar-refractivity contribution is -0.0516. The molecule has 4 nitrogen and oxygen atoms in total. The highest BCUT2D eigenvalue weighted by Gasteiger charge is 2.27. The summed E-state index contributed by atoms with van der Waals surface area (Å²) in [6.45, 7) is 7.03. The summed E-state index contributed by atoms with van der Waals surface area (Å²) >= 11 is 0. The second-order valence-electron chi connectivity index (χ2n) is 6.11. The zero-order valence-electron chi connectivity index (χ0n) is 12.8. The van der Waals surface area contributed by atoms with Crippen molar-refractivity contribution < 1.29 is 14.6 Å². The third-order valence-electron chi connectivity index (χ3n) is 4.09. The molecule has 1 aliphatic rings. The normalized spacial score (nSPS) is 22.4.